The predicted octanol–water partition coefficient (Wildman–Crippen LogP) is 0.163. The highest BCUT2D eigenvalue weighted by Crippen LogP contribution is 2.22. The van der Waals surface area contributed by atoms with E-state index in [1.807, 2.05) is 0 Å². The van der Waals surface area contributed by atoms with E-state index in [4.69, 9.17) is 14.6 Å². The van der Waals surface area contributed by atoms with E-state index in [1.54, 1.807) is 0 Å². The smallest absolute Gasteiger partial charge is 0.186 e. The highest BCUT2D eigenvalue weighted by atomic mass is 16.7. The van der Waals surface area contributed by atoms with Crippen LogP contribution in [0.3, 0.4) is 0 Å². The first-order chi connectivity index (χ1) is 9.61. The van der Waals surface area contributed by atoms with E-state index >= 15 is 0 Å². The van der Waals surface area contributed by atoms with Crippen molar-refractivity contribution in [3.05, 3.63) is 0 Å². The molecule has 0 aromatic carbocycles. The molecule has 1 rings (SSSR count). The van der Waals surface area contributed by atoms with Crippen LogP contribution < -0.4 is 0 Å². The topological polar surface area (TPSA) is 99.4 Å². The summed E-state index contributed by atoms with van der Waals surface area (Å²) in [6.45, 7) is 2.17. The van der Waals surface area contributed by atoms with E-state index in [9.17, 15) is 15.3 Å². The molecule has 5 atom stereocenters. The maximum absolute atomic E-state index is 9.75. The van der Waals surface area contributed by atoms with E-state index in [0.717, 1.165) is 19.3 Å². The monoisotopic (exact) mass is 292 g/mol. The molecule has 0 aromatic heterocycles. The van der Waals surface area contributed by atoms with Crippen LogP contribution >= 0.6 is 0 Å². The van der Waals surface area contributed by atoms with E-state index in [1.165, 1.54) is 19.3 Å². The molecule has 0 spiro atoms. The lowest BCUT2D eigenvalue weighted by Crippen LogP contribution is -2.59. The summed E-state index contributed by atoms with van der Waals surface area (Å²) in [7, 11) is 0. The van der Waals surface area contributed by atoms with Crippen LogP contribution in [0.5, 0.6) is 0 Å². The Morgan fingerprint density at radius 2 is 1.55 bits per heavy atom. The zero-order valence-electron chi connectivity index (χ0n) is 12.1. The summed E-state index contributed by atoms with van der Waals surface area (Å²) in [5.74, 6) is 0. The Bertz CT molecular complexity index is 248. The lowest BCUT2D eigenvalue weighted by Gasteiger charge is -2.39. The van der Waals surface area contributed by atoms with Crippen LogP contribution in [0.15, 0.2) is 0 Å². The fourth-order valence-corrected chi connectivity index (χ4v) is 2.29. The summed E-state index contributed by atoms with van der Waals surface area (Å²) >= 11 is 0. The van der Waals surface area contributed by atoms with E-state index in [0.29, 0.717) is 6.61 Å². The van der Waals surface area contributed by atoms with Crippen LogP contribution in [0.25, 0.3) is 0 Å². The number of ether oxygens (including phenoxy) is 2. The Hall–Kier alpha value is -0.240. The van der Waals surface area contributed by atoms with Crippen molar-refractivity contribution in [1.82, 2.24) is 0 Å². The van der Waals surface area contributed by atoms with Crippen LogP contribution in [0.4, 0.5) is 0 Å². The highest BCUT2D eigenvalue weighted by molar-refractivity contribution is 4.88. The van der Waals surface area contributed by atoms with Crippen LogP contribution in [-0.2, 0) is 9.47 Å². The van der Waals surface area contributed by atoms with Crippen LogP contribution in [0.1, 0.15) is 45.4 Å². The van der Waals surface area contributed by atoms with Gasteiger partial charge in [-0.2, -0.15) is 0 Å². The zero-order valence-corrected chi connectivity index (χ0v) is 12.1. The van der Waals surface area contributed by atoms with Crippen molar-refractivity contribution >= 4 is 0 Å². The van der Waals surface area contributed by atoms with Gasteiger partial charge in [0, 0.05) is 6.61 Å². The summed E-state index contributed by atoms with van der Waals surface area (Å²) in [5, 5.41) is 38.0. The van der Waals surface area contributed by atoms with Crippen molar-refractivity contribution in [3.63, 3.8) is 0 Å². The van der Waals surface area contributed by atoms with Crippen LogP contribution in [-0.4, -0.2) is 64.3 Å². The molecule has 0 saturated carbocycles. The lowest BCUT2D eigenvalue weighted by molar-refractivity contribution is -0.301. The van der Waals surface area contributed by atoms with Gasteiger partial charge in [0.15, 0.2) is 6.29 Å². The molecule has 1 unspecified atom stereocenters. The van der Waals surface area contributed by atoms with Crippen molar-refractivity contribution in [2.24, 2.45) is 0 Å². The average molecular weight is 292 g/mol. The molecule has 0 aromatic rings. The molecular formula is C14H28O6. The second-order valence-corrected chi connectivity index (χ2v) is 5.34. The molecule has 0 aliphatic carbocycles. The zero-order chi connectivity index (χ0) is 15.0. The van der Waals surface area contributed by atoms with Gasteiger partial charge >= 0.3 is 0 Å². The maximum atomic E-state index is 9.75. The number of aliphatic hydroxyl groups is 4. The Balaban J connectivity index is 2.21. The number of rotatable bonds is 9. The van der Waals surface area contributed by atoms with Gasteiger partial charge in [-0.25, -0.2) is 0 Å². The van der Waals surface area contributed by atoms with Crippen molar-refractivity contribution in [3.8, 4) is 0 Å². The second kappa shape index (κ2) is 9.65. The SMILES string of the molecule is CCCCCCCCOC1O[C@H](CO)[C@H](O)[C@H](O)[C@H]1O. The highest BCUT2D eigenvalue weighted by Gasteiger charge is 2.43. The summed E-state index contributed by atoms with van der Waals surface area (Å²) < 4.78 is 10.6. The van der Waals surface area contributed by atoms with Crippen molar-refractivity contribution in [1.29, 1.82) is 0 Å². The molecule has 1 saturated heterocycles. The molecule has 20 heavy (non-hydrogen) atoms. The van der Waals surface area contributed by atoms with Gasteiger partial charge in [-0.1, -0.05) is 39.0 Å². The molecule has 0 bridgehead atoms. The third kappa shape index (κ3) is 5.27. The number of hydrogen-bond donors (Lipinski definition) is 4. The molecule has 6 heteroatoms. The molecule has 4 N–H and O–H groups in total. The summed E-state index contributed by atoms with van der Waals surface area (Å²) in [6.07, 6.45) is 0.851. The first-order valence-electron chi connectivity index (χ1n) is 7.54. The van der Waals surface area contributed by atoms with Gasteiger partial charge in [-0.05, 0) is 6.42 Å². The second-order valence-electron chi connectivity index (χ2n) is 5.34. The molecule has 0 amide bonds. The molecule has 1 aliphatic heterocycles. The van der Waals surface area contributed by atoms with Gasteiger partial charge in [0.1, 0.15) is 24.4 Å². The minimum atomic E-state index is -1.37. The summed E-state index contributed by atoms with van der Waals surface area (Å²) in [4.78, 5) is 0. The first kappa shape index (κ1) is 17.8. The van der Waals surface area contributed by atoms with Crippen molar-refractivity contribution in [2.75, 3.05) is 13.2 Å². The normalized spacial score (nSPS) is 34.4. The van der Waals surface area contributed by atoms with Gasteiger partial charge in [0.2, 0.25) is 0 Å². The predicted molar refractivity (Wildman–Crippen MR) is 73.1 cm³/mol. The number of unbranched alkanes of at least 4 members (excludes halogenated alkanes) is 5. The third-order valence-electron chi connectivity index (χ3n) is 3.63. The van der Waals surface area contributed by atoms with E-state index in [-0.39, 0.29) is 0 Å². The number of hydrogen-bond acceptors (Lipinski definition) is 6. The van der Waals surface area contributed by atoms with E-state index < -0.39 is 37.3 Å². The molecule has 0 radical (unpaired) electrons. The van der Waals surface area contributed by atoms with Gasteiger partial charge in [0.05, 0.1) is 6.61 Å². The van der Waals surface area contributed by atoms with Crippen molar-refractivity contribution < 1.29 is 29.9 Å². The molecule has 120 valence electrons. The molecule has 1 heterocycles. The van der Waals surface area contributed by atoms with Gasteiger partial charge < -0.3 is 29.9 Å². The molecule has 1 aliphatic rings. The van der Waals surface area contributed by atoms with Gasteiger partial charge in [-0.15, -0.1) is 0 Å². The Kier molecular flexibility index (Phi) is 8.60. The standard InChI is InChI=1S/C14H28O6/c1-2-3-4-5-6-7-8-19-14-13(18)12(17)11(16)10(9-15)20-14/h10-18H,2-9H2,1H3/t10-,11+,12+,13-,14?/m1/s1. The minimum absolute atomic E-state index is 0.425. The maximum Gasteiger partial charge on any atom is 0.186 e. The Morgan fingerprint density at radius 1 is 0.900 bits per heavy atom. The molecule has 6 nitrogen and oxygen atoms in total. The summed E-state index contributed by atoms with van der Waals surface area (Å²) in [6, 6.07) is 0. The Morgan fingerprint density at radius 3 is 2.20 bits per heavy atom. The molecule has 1 fully saturated rings. The van der Waals surface area contributed by atoms with Crippen LogP contribution in [0, 0.1) is 0 Å². The first-order valence-corrected chi connectivity index (χ1v) is 7.54. The Labute approximate surface area is 120 Å². The van der Waals surface area contributed by atoms with Crippen molar-refractivity contribution in [2.45, 2.75) is 76.2 Å². The largest absolute Gasteiger partial charge is 0.394 e. The van der Waals surface area contributed by atoms with Gasteiger partial charge in [-0.3, -0.25) is 0 Å². The van der Waals surface area contributed by atoms with E-state index in [2.05, 4.69) is 6.92 Å². The molecular weight excluding hydrogens is 264 g/mol. The fourth-order valence-electron chi connectivity index (χ4n) is 2.29. The number of aliphatic hydroxyl groups excluding tert-OH is 4. The quantitative estimate of drug-likeness (QED) is 0.452. The summed E-state index contributed by atoms with van der Waals surface area (Å²) in [5.41, 5.74) is 0. The van der Waals surface area contributed by atoms with Crippen LogP contribution in [0.2, 0.25) is 0 Å². The third-order valence-corrected chi connectivity index (χ3v) is 3.63. The van der Waals surface area contributed by atoms with Gasteiger partial charge in [0.25, 0.3) is 0 Å². The fraction of sp³-hybridized carbons (Fsp3) is 1.00. The minimum Gasteiger partial charge on any atom is -0.394 e. The average Bonchev–Trinajstić information content (AvgIpc) is 2.46. The lowest BCUT2D eigenvalue weighted by atomic mass is 9.99.